The van der Waals surface area contributed by atoms with Crippen molar-refractivity contribution in [2.45, 2.75) is 13.8 Å². The number of amides is 1. The Balaban J connectivity index is 3.73. The molecule has 0 unspecified atom stereocenters. The molecule has 0 bridgehead atoms. The molecule has 9 heavy (non-hydrogen) atoms. The summed E-state index contributed by atoms with van der Waals surface area (Å²) in [6.45, 7) is 3.40. The monoisotopic (exact) mass is 131 g/mol. The number of carbonyl (C=O) groups is 1. The fourth-order valence-electron chi connectivity index (χ4n) is 0.510. The Kier molecular flexibility index (Phi) is 3.24. The van der Waals surface area contributed by atoms with Crippen LogP contribution in [0.2, 0.25) is 0 Å². The predicted molar refractivity (Wildman–Crippen MR) is 34.7 cm³/mol. The molecule has 0 rings (SSSR count). The number of nitrogens with zero attached hydrogens (tertiary/aromatic N) is 1. The second-order valence-electron chi connectivity index (χ2n) is 2.33. The van der Waals surface area contributed by atoms with E-state index in [0.29, 0.717) is 0 Å². The van der Waals surface area contributed by atoms with Gasteiger partial charge in [-0.15, -0.1) is 0 Å². The Morgan fingerprint density at radius 2 is 2.11 bits per heavy atom. The first-order valence-electron chi connectivity index (χ1n) is 2.95. The van der Waals surface area contributed by atoms with Crippen LogP contribution < -0.4 is 0 Å². The van der Waals surface area contributed by atoms with Crippen molar-refractivity contribution in [3.63, 3.8) is 0 Å². The van der Waals surface area contributed by atoms with E-state index in [-0.39, 0.29) is 18.6 Å². The quantitative estimate of drug-likeness (QED) is 0.538. The Morgan fingerprint density at radius 3 is 2.22 bits per heavy atom. The molecular weight excluding hydrogens is 118 g/mol. The zero-order valence-corrected chi connectivity index (χ0v) is 6.09. The molecule has 0 aliphatic carbocycles. The van der Waals surface area contributed by atoms with Gasteiger partial charge in [0.15, 0.2) is 0 Å². The lowest BCUT2D eigenvalue weighted by atomic mass is 10.2. The van der Waals surface area contributed by atoms with Gasteiger partial charge in [-0.25, -0.2) is 0 Å². The van der Waals surface area contributed by atoms with E-state index in [0.717, 1.165) is 0 Å². The molecule has 0 aromatic rings. The third-order valence-corrected chi connectivity index (χ3v) is 1.08. The van der Waals surface area contributed by atoms with E-state index in [9.17, 15) is 4.79 Å². The first-order valence-corrected chi connectivity index (χ1v) is 2.95. The summed E-state index contributed by atoms with van der Waals surface area (Å²) in [6, 6.07) is 0. The van der Waals surface area contributed by atoms with Crippen LogP contribution >= 0.6 is 0 Å². The van der Waals surface area contributed by atoms with E-state index >= 15 is 0 Å². The minimum absolute atomic E-state index is 0.0258. The molecule has 0 spiro atoms. The first kappa shape index (κ1) is 8.43. The van der Waals surface area contributed by atoms with E-state index in [1.54, 1.807) is 20.9 Å². The summed E-state index contributed by atoms with van der Waals surface area (Å²) in [6.07, 6.45) is 0. The van der Waals surface area contributed by atoms with Crippen LogP contribution in [0.5, 0.6) is 0 Å². The van der Waals surface area contributed by atoms with Gasteiger partial charge in [0.05, 0.1) is 0 Å². The summed E-state index contributed by atoms with van der Waals surface area (Å²) in [5.41, 5.74) is 0. The maximum Gasteiger partial charge on any atom is 0.226 e. The van der Waals surface area contributed by atoms with Crippen LogP contribution in [0.15, 0.2) is 0 Å². The second-order valence-corrected chi connectivity index (χ2v) is 2.33. The van der Waals surface area contributed by atoms with E-state index in [1.165, 1.54) is 4.90 Å². The van der Waals surface area contributed by atoms with Crippen molar-refractivity contribution in [1.82, 2.24) is 4.90 Å². The summed E-state index contributed by atoms with van der Waals surface area (Å²) in [5.74, 6) is -0.0559. The van der Waals surface area contributed by atoms with Crippen molar-refractivity contribution in [1.29, 1.82) is 0 Å². The predicted octanol–water partition coefficient (Wildman–Crippen LogP) is 0.0506. The standard InChI is InChI=1S/C6H13NO2/c1-5(2)6(9)7(3)4-8/h5,8H,4H2,1-3H3. The zero-order chi connectivity index (χ0) is 7.44. The van der Waals surface area contributed by atoms with Crippen molar-refractivity contribution in [3.8, 4) is 0 Å². The molecular formula is C6H13NO2. The molecule has 0 aromatic heterocycles. The van der Waals surface area contributed by atoms with Crippen molar-refractivity contribution < 1.29 is 9.90 Å². The minimum atomic E-state index is -0.197. The van der Waals surface area contributed by atoms with E-state index in [2.05, 4.69) is 0 Å². The number of aliphatic hydroxyl groups is 1. The van der Waals surface area contributed by atoms with E-state index < -0.39 is 0 Å². The molecule has 0 aliphatic rings. The molecule has 0 atom stereocenters. The fourth-order valence-corrected chi connectivity index (χ4v) is 0.510. The van der Waals surface area contributed by atoms with Crippen molar-refractivity contribution >= 4 is 5.91 Å². The van der Waals surface area contributed by atoms with Gasteiger partial charge < -0.3 is 10.0 Å². The smallest absolute Gasteiger partial charge is 0.226 e. The van der Waals surface area contributed by atoms with Gasteiger partial charge in [0.2, 0.25) is 5.91 Å². The lowest BCUT2D eigenvalue weighted by Gasteiger charge is -2.15. The molecule has 0 heterocycles. The molecule has 0 fully saturated rings. The lowest BCUT2D eigenvalue weighted by Crippen LogP contribution is -2.30. The first-order chi connectivity index (χ1) is 4.09. The highest BCUT2D eigenvalue weighted by Crippen LogP contribution is 1.96. The topological polar surface area (TPSA) is 40.5 Å². The number of rotatable bonds is 2. The molecule has 0 saturated heterocycles. The summed E-state index contributed by atoms with van der Waals surface area (Å²) < 4.78 is 0. The van der Waals surface area contributed by atoms with Gasteiger partial charge in [-0.05, 0) is 0 Å². The van der Waals surface area contributed by atoms with Crippen molar-refractivity contribution in [2.75, 3.05) is 13.8 Å². The van der Waals surface area contributed by atoms with Gasteiger partial charge in [0.25, 0.3) is 0 Å². The summed E-state index contributed by atoms with van der Waals surface area (Å²) >= 11 is 0. The highest BCUT2D eigenvalue weighted by atomic mass is 16.3. The Morgan fingerprint density at radius 1 is 1.67 bits per heavy atom. The molecule has 54 valence electrons. The number of carbonyl (C=O) groups excluding carboxylic acids is 1. The van der Waals surface area contributed by atoms with Crippen LogP contribution in [0.1, 0.15) is 13.8 Å². The SMILES string of the molecule is CC(C)C(=O)N(C)CO. The lowest BCUT2D eigenvalue weighted by molar-refractivity contribution is -0.136. The third kappa shape index (κ3) is 2.46. The molecule has 0 saturated carbocycles. The molecule has 1 N–H and O–H groups in total. The van der Waals surface area contributed by atoms with Gasteiger partial charge in [0.1, 0.15) is 6.73 Å². The summed E-state index contributed by atoms with van der Waals surface area (Å²) in [5, 5.41) is 8.46. The highest BCUT2D eigenvalue weighted by Gasteiger charge is 2.10. The van der Waals surface area contributed by atoms with Crippen LogP contribution in [0.4, 0.5) is 0 Å². The van der Waals surface area contributed by atoms with Gasteiger partial charge in [0, 0.05) is 13.0 Å². The molecule has 0 radical (unpaired) electrons. The Labute approximate surface area is 55.3 Å². The second kappa shape index (κ2) is 3.45. The molecule has 1 amide bonds. The van der Waals surface area contributed by atoms with Crippen LogP contribution in [-0.2, 0) is 4.79 Å². The maximum absolute atomic E-state index is 10.8. The van der Waals surface area contributed by atoms with Gasteiger partial charge in [-0.1, -0.05) is 13.8 Å². The Bertz CT molecular complexity index is 101. The van der Waals surface area contributed by atoms with E-state index in [1.807, 2.05) is 0 Å². The maximum atomic E-state index is 10.8. The fraction of sp³-hybridized carbons (Fsp3) is 0.833. The van der Waals surface area contributed by atoms with Gasteiger partial charge in [-0.2, -0.15) is 0 Å². The molecule has 3 nitrogen and oxygen atoms in total. The zero-order valence-electron chi connectivity index (χ0n) is 6.09. The summed E-state index contributed by atoms with van der Waals surface area (Å²) in [7, 11) is 1.57. The average molecular weight is 131 g/mol. The minimum Gasteiger partial charge on any atom is -0.376 e. The highest BCUT2D eigenvalue weighted by molar-refractivity contribution is 5.77. The van der Waals surface area contributed by atoms with Gasteiger partial charge >= 0.3 is 0 Å². The summed E-state index contributed by atoms with van der Waals surface area (Å²) in [4.78, 5) is 12.1. The number of aliphatic hydroxyl groups excluding tert-OH is 1. The van der Waals surface area contributed by atoms with E-state index in [4.69, 9.17) is 5.11 Å². The van der Waals surface area contributed by atoms with Crippen LogP contribution in [0.3, 0.4) is 0 Å². The van der Waals surface area contributed by atoms with Crippen LogP contribution in [0.25, 0.3) is 0 Å². The van der Waals surface area contributed by atoms with Gasteiger partial charge in [-0.3, -0.25) is 4.79 Å². The molecule has 3 heteroatoms. The van der Waals surface area contributed by atoms with Crippen molar-refractivity contribution in [2.24, 2.45) is 5.92 Å². The normalized spacial score (nSPS) is 9.89. The Hall–Kier alpha value is -0.570. The largest absolute Gasteiger partial charge is 0.376 e. The third-order valence-electron chi connectivity index (χ3n) is 1.08. The number of hydrogen-bond acceptors (Lipinski definition) is 2. The van der Waals surface area contributed by atoms with Crippen molar-refractivity contribution in [3.05, 3.63) is 0 Å². The van der Waals surface area contributed by atoms with Crippen LogP contribution in [-0.4, -0.2) is 29.7 Å². The van der Waals surface area contributed by atoms with Crippen LogP contribution in [0, 0.1) is 5.92 Å². The average Bonchev–Trinajstić information content (AvgIpc) is 1.84. The molecule has 0 aromatic carbocycles. The number of hydrogen-bond donors (Lipinski definition) is 1. The molecule has 0 aliphatic heterocycles.